The van der Waals surface area contributed by atoms with Crippen molar-refractivity contribution in [3.05, 3.63) is 29.8 Å². The number of nitrogens with two attached hydrogens (primary N) is 1. The van der Waals surface area contributed by atoms with Crippen LogP contribution in [0.15, 0.2) is 24.3 Å². The van der Waals surface area contributed by atoms with Gasteiger partial charge >= 0.3 is 6.09 Å². The van der Waals surface area contributed by atoms with E-state index in [-0.39, 0.29) is 16.6 Å². The SMILES string of the molecule is CC(C)(C)C(OC(N)=O)(c1ccc(O)cc1)C(C)(C)C. The minimum absolute atomic E-state index is 0.171. The van der Waals surface area contributed by atoms with Crippen LogP contribution in [-0.2, 0) is 10.3 Å². The average molecular weight is 279 g/mol. The van der Waals surface area contributed by atoms with Crippen molar-refractivity contribution >= 4 is 6.09 Å². The van der Waals surface area contributed by atoms with Gasteiger partial charge in [-0.15, -0.1) is 0 Å². The molecule has 20 heavy (non-hydrogen) atoms. The number of amides is 1. The maximum Gasteiger partial charge on any atom is 0.405 e. The number of primary amides is 1. The largest absolute Gasteiger partial charge is 0.508 e. The number of hydrogen-bond acceptors (Lipinski definition) is 3. The van der Waals surface area contributed by atoms with Crippen LogP contribution >= 0.6 is 0 Å². The van der Waals surface area contributed by atoms with Crippen LogP contribution in [-0.4, -0.2) is 11.2 Å². The van der Waals surface area contributed by atoms with Crippen LogP contribution in [0.5, 0.6) is 5.75 Å². The summed E-state index contributed by atoms with van der Waals surface area (Å²) < 4.78 is 5.65. The third-order valence-electron chi connectivity index (χ3n) is 3.64. The smallest absolute Gasteiger partial charge is 0.405 e. The second-order valence-electron chi connectivity index (χ2n) is 7.15. The Bertz CT molecular complexity index is 464. The number of phenols is 1. The van der Waals surface area contributed by atoms with Crippen LogP contribution in [0.1, 0.15) is 47.1 Å². The molecule has 0 aliphatic rings. The monoisotopic (exact) mass is 279 g/mol. The molecule has 4 nitrogen and oxygen atoms in total. The summed E-state index contributed by atoms with van der Waals surface area (Å²) >= 11 is 0. The summed E-state index contributed by atoms with van der Waals surface area (Å²) in [5.41, 5.74) is 4.48. The summed E-state index contributed by atoms with van der Waals surface area (Å²) in [7, 11) is 0. The van der Waals surface area contributed by atoms with Crippen LogP contribution in [0.4, 0.5) is 4.79 Å². The number of ether oxygens (including phenoxy) is 1. The Morgan fingerprint density at radius 2 is 1.40 bits per heavy atom. The van der Waals surface area contributed by atoms with E-state index >= 15 is 0 Å². The molecular formula is C16H25NO3. The predicted molar refractivity (Wildman–Crippen MR) is 79.4 cm³/mol. The normalized spacial score (nSPS) is 13.1. The lowest BCUT2D eigenvalue weighted by Crippen LogP contribution is -2.54. The van der Waals surface area contributed by atoms with Gasteiger partial charge < -0.3 is 15.6 Å². The summed E-state index contributed by atoms with van der Waals surface area (Å²) in [6, 6.07) is 6.72. The van der Waals surface area contributed by atoms with Gasteiger partial charge in [-0.2, -0.15) is 0 Å². The summed E-state index contributed by atoms with van der Waals surface area (Å²) in [5, 5.41) is 9.48. The van der Waals surface area contributed by atoms with Crippen molar-refractivity contribution in [1.29, 1.82) is 0 Å². The maximum absolute atomic E-state index is 11.5. The molecule has 0 bridgehead atoms. The van der Waals surface area contributed by atoms with Gasteiger partial charge in [0.15, 0.2) is 0 Å². The molecule has 1 aromatic carbocycles. The molecule has 4 heteroatoms. The van der Waals surface area contributed by atoms with Gasteiger partial charge in [-0.3, -0.25) is 0 Å². The van der Waals surface area contributed by atoms with Crippen molar-refractivity contribution in [3.8, 4) is 5.75 Å². The Hall–Kier alpha value is -1.71. The zero-order chi connectivity index (χ0) is 15.8. The fraction of sp³-hybridized carbons (Fsp3) is 0.562. The first-order valence-corrected chi connectivity index (χ1v) is 6.70. The van der Waals surface area contributed by atoms with E-state index < -0.39 is 11.7 Å². The molecule has 1 amide bonds. The second-order valence-corrected chi connectivity index (χ2v) is 7.15. The first kappa shape index (κ1) is 16.3. The van der Waals surface area contributed by atoms with Crippen LogP contribution in [0, 0.1) is 10.8 Å². The quantitative estimate of drug-likeness (QED) is 0.865. The van der Waals surface area contributed by atoms with Crippen LogP contribution in [0.2, 0.25) is 0 Å². The van der Waals surface area contributed by atoms with Gasteiger partial charge in [-0.25, -0.2) is 4.79 Å². The number of benzene rings is 1. The van der Waals surface area contributed by atoms with E-state index in [2.05, 4.69) is 0 Å². The molecule has 0 unspecified atom stereocenters. The van der Waals surface area contributed by atoms with Gasteiger partial charge in [0.25, 0.3) is 0 Å². The van der Waals surface area contributed by atoms with Crippen molar-refractivity contribution < 1.29 is 14.6 Å². The third kappa shape index (κ3) is 2.74. The van der Waals surface area contributed by atoms with Gasteiger partial charge in [0.1, 0.15) is 11.4 Å². The number of aromatic hydroxyl groups is 1. The van der Waals surface area contributed by atoms with Crippen LogP contribution in [0.3, 0.4) is 0 Å². The number of carbonyl (C=O) groups is 1. The molecule has 3 N–H and O–H groups in total. The third-order valence-corrected chi connectivity index (χ3v) is 3.64. The Balaban J connectivity index is 3.61. The van der Waals surface area contributed by atoms with Gasteiger partial charge in [0.05, 0.1) is 0 Å². The molecule has 0 spiro atoms. The van der Waals surface area contributed by atoms with Crippen molar-refractivity contribution in [2.75, 3.05) is 0 Å². The highest BCUT2D eigenvalue weighted by Gasteiger charge is 2.55. The summed E-state index contributed by atoms with van der Waals surface area (Å²) in [5.74, 6) is 0.171. The minimum Gasteiger partial charge on any atom is -0.508 e. The Morgan fingerprint density at radius 3 is 1.70 bits per heavy atom. The van der Waals surface area contributed by atoms with E-state index in [1.165, 1.54) is 0 Å². The maximum atomic E-state index is 11.5. The number of hydrogen-bond donors (Lipinski definition) is 2. The van der Waals surface area contributed by atoms with Gasteiger partial charge in [-0.05, 0) is 17.7 Å². The second kappa shape index (κ2) is 5.00. The molecule has 0 saturated carbocycles. The molecule has 112 valence electrons. The molecule has 1 aromatic rings. The molecule has 0 heterocycles. The van der Waals surface area contributed by atoms with E-state index in [1.54, 1.807) is 24.3 Å². The van der Waals surface area contributed by atoms with Gasteiger partial charge in [0.2, 0.25) is 0 Å². The molecule has 0 fully saturated rings. The molecular weight excluding hydrogens is 254 g/mol. The predicted octanol–water partition coefficient (Wildman–Crippen LogP) is 3.78. The highest BCUT2D eigenvalue weighted by molar-refractivity contribution is 5.66. The summed E-state index contributed by atoms with van der Waals surface area (Å²) in [6.07, 6.45) is -0.803. The molecule has 0 atom stereocenters. The lowest BCUT2D eigenvalue weighted by atomic mass is 9.59. The van der Waals surface area contributed by atoms with Crippen LogP contribution in [0.25, 0.3) is 0 Å². The highest BCUT2D eigenvalue weighted by Crippen LogP contribution is 2.54. The standard InChI is InChI=1S/C16H25NO3/c1-14(2,3)16(15(4,5)6,20-13(17)19)11-7-9-12(18)10-8-11/h7-10,18H,1-6H3,(H2,17,19). The molecule has 0 aliphatic carbocycles. The number of phenolic OH excluding ortho intramolecular Hbond substituents is 1. The highest BCUT2D eigenvalue weighted by atomic mass is 16.6. The lowest BCUT2D eigenvalue weighted by Gasteiger charge is -2.52. The van der Waals surface area contributed by atoms with Crippen LogP contribution < -0.4 is 5.73 Å². The average Bonchev–Trinajstić information content (AvgIpc) is 2.23. The van der Waals surface area contributed by atoms with Gasteiger partial charge in [0, 0.05) is 10.8 Å². The minimum atomic E-state index is -0.903. The Kier molecular flexibility index (Phi) is 4.09. The van der Waals surface area contributed by atoms with E-state index in [0.29, 0.717) is 0 Å². The van der Waals surface area contributed by atoms with Crippen molar-refractivity contribution in [3.63, 3.8) is 0 Å². The molecule has 0 aliphatic heterocycles. The van der Waals surface area contributed by atoms with Crippen molar-refractivity contribution in [2.45, 2.75) is 47.1 Å². The Labute approximate surface area is 120 Å². The van der Waals surface area contributed by atoms with Crippen molar-refractivity contribution in [2.24, 2.45) is 16.6 Å². The van der Waals surface area contributed by atoms with Crippen molar-refractivity contribution in [1.82, 2.24) is 0 Å². The number of carbonyl (C=O) groups excluding carboxylic acids is 1. The van der Waals surface area contributed by atoms with E-state index in [4.69, 9.17) is 10.5 Å². The van der Waals surface area contributed by atoms with E-state index in [0.717, 1.165) is 5.56 Å². The van der Waals surface area contributed by atoms with Gasteiger partial charge in [-0.1, -0.05) is 53.7 Å². The first-order chi connectivity index (χ1) is 8.92. The zero-order valence-corrected chi connectivity index (χ0v) is 13.2. The zero-order valence-electron chi connectivity index (χ0n) is 13.2. The molecule has 0 aromatic heterocycles. The molecule has 0 radical (unpaired) electrons. The topological polar surface area (TPSA) is 72.5 Å². The fourth-order valence-electron chi connectivity index (χ4n) is 3.20. The van der Waals surface area contributed by atoms with E-state index in [1.807, 2.05) is 41.5 Å². The lowest BCUT2D eigenvalue weighted by molar-refractivity contribution is -0.145. The summed E-state index contributed by atoms with van der Waals surface area (Å²) in [4.78, 5) is 11.5. The fourth-order valence-corrected chi connectivity index (χ4v) is 3.20. The van der Waals surface area contributed by atoms with E-state index in [9.17, 15) is 9.90 Å². The Morgan fingerprint density at radius 1 is 1.00 bits per heavy atom. The first-order valence-electron chi connectivity index (χ1n) is 6.70. The molecule has 0 saturated heterocycles. The molecule has 1 rings (SSSR count). The number of rotatable bonds is 2. The summed E-state index contributed by atoms with van der Waals surface area (Å²) in [6.45, 7) is 12.0.